The average Bonchev–Trinajstić information content (AvgIpc) is 3.36. The molecule has 0 aliphatic heterocycles. The molecule has 0 saturated heterocycles. The number of anilines is 1. The molecule has 0 aliphatic carbocycles. The van der Waals surface area contributed by atoms with Crippen molar-refractivity contribution in [2.75, 3.05) is 17.9 Å². The Hall–Kier alpha value is -4.19. The number of hydrogen-bond acceptors (Lipinski definition) is 7. The highest BCUT2D eigenvalue weighted by atomic mass is 32.2. The Kier molecular flexibility index (Phi) is 7.87. The van der Waals surface area contributed by atoms with Crippen LogP contribution < -0.4 is 9.75 Å². The average molecular weight is 527 g/mol. The summed E-state index contributed by atoms with van der Waals surface area (Å²) in [5.41, 5.74) is 1.30. The Morgan fingerprint density at radius 3 is 2.62 bits per heavy atom. The SMILES string of the molecule is COc1ccc(C)cc1-n1nnnc1SCC(=O)N(/N=C\c1ccccc1)c1cccc(C(F)(F)F)c1. The number of hydrogen-bond donors (Lipinski definition) is 0. The van der Waals surface area contributed by atoms with Crippen LogP contribution in [0.3, 0.4) is 0 Å². The van der Waals surface area contributed by atoms with E-state index in [1.807, 2.05) is 25.1 Å². The molecule has 0 N–H and O–H groups in total. The molecule has 0 bridgehead atoms. The van der Waals surface area contributed by atoms with Crippen molar-refractivity contribution >= 4 is 29.6 Å². The molecule has 3 aromatic carbocycles. The van der Waals surface area contributed by atoms with Crippen molar-refractivity contribution in [1.82, 2.24) is 20.2 Å². The summed E-state index contributed by atoms with van der Waals surface area (Å²) >= 11 is 1.02. The lowest BCUT2D eigenvalue weighted by Crippen LogP contribution is -2.28. The quantitative estimate of drug-likeness (QED) is 0.179. The zero-order valence-corrected chi connectivity index (χ0v) is 20.6. The van der Waals surface area contributed by atoms with Gasteiger partial charge in [0.25, 0.3) is 5.91 Å². The smallest absolute Gasteiger partial charge is 0.416 e. The number of rotatable bonds is 8. The monoisotopic (exact) mass is 526 g/mol. The van der Waals surface area contributed by atoms with Crippen LogP contribution in [-0.2, 0) is 11.0 Å². The molecule has 4 aromatic rings. The van der Waals surface area contributed by atoms with Crippen molar-refractivity contribution in [2.24, 2.45) is 5.10 Å². The van der Waals surface area contributed by atoms with Crippen LogP contribution in [0.2, 0.25) is 0 Å². The summed E-state index contributed by atoms with van der Waals surface area (Å²) in [6.45, 7) is 1.90. The van der Waals surface area contributed by atoms with Gasteiger partial charge in [0.15, 0.2) is 0 Å². The fourth-order valence-corrected chi connectivity index (χ4v) is 4.05. The van der Waals surface area contributed by atoms with Gasteiger partial charge in [-0.3, -0.25) is 4.79 Å². The van der Waals surface area contributed by atoms with E-state index in [9.17, 15) is 18.0 Å². The van der Waals surface area contributed by atoms with Crippen LogP contribution in [0.5, 0.6) is 5.75 Å². The summed E-state index contributed by atoms with van der Waals surface area (Å²) in [5.74, 6) is -0.233. The summed E-state index contributed by atoms with van der Waals surface area (Å²) in [4.78, 5) is 13.3. The minimum absolute atomic E-state index is 0.0208. The van der Waals surface area contributed by atoms with E-state index >= 15 is 0 Å². The van der Waals surface area contributed by atoms with Crippen LogP contribution in [0.1, 0.15) is 16.7 Å². The van der Waals surface area contributed by atoms with Crippen LogP contribution in [0.4, 0.5) is 18.9 Å². The van der Waals surface area contributed by atoms with Gasteiger partial charge in [-0.05, 0) is 58.8 Å². The number of thioether (sulfide) groups is 1. The van der Waals surface area contributed by atoms with E-state index in [-0.39, 0.29) is 11.4 Å². The molecule has 0 spiro atoms. The maximum Gasteiger partial charge on any atom is 0.416 e. The molecular weight excluding hydrogens is 505 g/mol. The summed E-state index contributed by atoms with van der Waals surface area (Å²) in [7, 11) is 1.52. The van der Waals surface area contributed by atoms with E-state index in [1.54, 1.807) is 30.3 Å². The van der Waals surface area contributed by atoms with Crippen LogP contribution in [-0.4, -0.2) is 45.2 Å². The van der Waals surface area contributed by atoms with E-state index < -0.39 is 17.6 Å². The second-order valence-corrected chi connectivity index (χ2v) is 8.69. The van der Waals surface area contributed by atoms with Crippen molar-refractivity contribution in [3.05, 3.63) is 89.5 Å². The fourth-order valence-electron chi connectivity index (χ4n) is 3.33. The van der Waals surface area contributed by atoms with Gasteiger partial charge >= 0.3 is 6.18 Å². The minimum atomic E-state index is -4.57. The minimum Gasteiger partial charge on any atom is -0.494 e. The standard InChI is InChI=1S/C25H21F3N6O2S/c1-17-11-12-22(36-2)21(13-17)34-24(30-31-32-34)37-16-23(35)33(29-15-18-7-4-3-5-8-18)20-10-6-9-19(14-20)25(26,27)28/h3-15H,16H2,1-2H3/b29-15-. The number of carbonyl (C=O) groups excluding carboxylic acids is 1. The first-order valence-corrected chi connectivity index (χ1v) is 11.9. The Morgan fingerprint density at radius 2 is 1.89 bits per heavy atom. The number of alkyl halides is 3. The lowest BCUT2D eigenvalue weighted by molar-refractivity contribution is -0.137. The molecule has 1 heterocycles. The second-order valence-electron chi connectivity index (χ2n) is 7.75. The maximum atomic E-state index is 13.3. The number of aromatic nitrogens is 4. The predicted octanol–water partition coefficient (Wildman–Crippen LogP) is 5.16. The number of hydrazone groups is 1. The third kappa shape index (κ3) is 6.33. The molecule has 0 fully saturated rings. The normalized spacial score (nSPS) is 11.6. The van der Waals surface area contributed by atoms with Crippen LogP contribution >= 0.6 is 11.8 Å². The molecule has 0 unspecified atom stereocenters. The highest BCUT2D eigenvalue weighted by Crippen LogP contribution is 2.32. The third-order valence-corrected chi connectivity index (χ3v) is 6.01. The first-order chi connectivity index (χ1) is 17.8. The molecule has 0 aliphatic rings. The number of benzene rings is 3. The zero-order chi connectivity index (χ0) is 26.4. The van der Waals surface area contributed by atoms with Crippen molar-refractivity contribution in [2.45, 2.75) is 18.3 Å². The number of halogens is 3. The topological polar surface area (TPSA) is 85.5 Å². The van der Waals surface area contributed by atoms with Gasteiger partial charge in [-0.25, -0.2) is 5.01 Å². The van der Waals surface area contributed by atoms with Gasteiger partial charge in [-0.15, -0.1) is 5.10 Å². The first-order valence-electron chi connectivity index (χ1n) is 10.9. The predicted molar refractivity (Wildman–Crippen MR) is 134 cm³/mol. The van der Waals surface area contributed by atoms with Crippen molar-refractivity contribution < 1.29 is 22.7 Å². The van der Waals surface area contributed by atoms with E-state index in [4.69, 9.17) is 4.74 Å². The number of ether oxygens (including phenoxy) is 1. The van der Waals surface area contributed by atoms with Gasteiger partial charge in [0.1, 0.15) is 11.4 Å². The van der Waals surface area contributed by atoms with E-state index in [0.29, 0.717) is 22.2 Å². The molecule has 1 amide bonds. The van der Waals surface area contributed by atoms with Crippen molar-refractivity contribution in [1.29, 1.82) is 0 Å². The molecule has 0 radical (unpaired) electrons. The van der Waals surface area contributed by atoms with Gasteiger partial charge in [-0.1, -0.05) is 54.2 Å². The molecule has 8 nitrogen and oxygen atoms in total. The van der Waals surface area contributed by atoms with Gasteiger partial charge in [0, 0.05) is 0 Å². The van der Waals surface area contributed by atoms with E-state index in [2.05, 4.69) is 20.6 Å². The number of nitrogens with zero attached hydrogens (tertiary/aromatic N) is 6. The largest absolute Gasteiger partial charge is 0.494 e. The fraction of sp³-hybridized carbons (Fsp3) is 0.160. The number of methoxy groups -OCH3 is 1. The summed E-state index contributed by atoms with van der Waals surface area (Å²) in [5, 5.41) is 17.2. The number of amides is 1. The molecule has 4 rings (SSSR count). The van der Waals surface area contributed by atoms with E-state index in [0.717, 1.165) is 34.5 Å². The molecule has 0 saturated carbocycles. The summed E-state index contributed by atoms with van der Waals surface area (Å²) in [6, 6.07) is 18.8. The summed E-state index contributed by atoms with van der Waals surface area (Å²) in [6.07, 6.45) is -3.16. The molecule has 1 aromatic heterocycles. The highest BCUT2D eigenvalue weighted by molar-refractivity contribution is 7.99. The molecule has 190 valence electrons. The van der Waals surface area contributed by atoms with Gasteiger partial charge in [-0.2, -0.15) is 23.0 Å². The number of carbonyl (C=O) groups is 1. The van der Waals surface area contributed by atoms with E-state index in [1.165, 1.54) is 30.1 Å². The highest BCUT2D eigenvalue weighted by Gasteiger charge is 2.31. The molecule has 0 atom stereocenters. The molecule has 37 heavy (non-hydrogen) atoms. The Morgan fingerprint density at radius 1 is 1.11 bits per heavy atom. The lowest BCUT2D eigenvalue weighted by atomic mass is 10.2. The Bertz CT molecular complexity index is 1410. The van der Waals surface area contributed by atoms with Crippen molar-refractivity contribution in [3.63, 3.8) is 0 Å². The lowest BCUT2D eigenvalue weighted by Gasteiger charge is -2.18. The number of tetrazole rings is 1. The Labute approximate surface area is 214 Å². The summed E-state index contributed by atoms with van der Waals surface area (Å²) < 4.78 is 46.8. The molecule has 12 heteroatoms. The van der Waals surface area contributed by atoms with Gasteiger partial charge < -0.3 is 4.74 Å². The van der Waals surface area contributed by atoms with Crippen LogP contribution in [0.25, 0.3) is 5.69 Å². The maximum absolute atomic E-state index is 13.3. The number of aryl methyl sites for hydroxylation is 1. The van der Waals surface area contributed by atoms with Gasteiger partial charge in [0.2, 0.25) is 5.16 Å². The van der Waals surface area contributed by atoms with Crippen LogP contribution in [0, 0.1) is 6.92 Å². The first kappa shape index (κ1) is 25.9. The van der Waals surface area contributed by atoms with Gasteiger partial charge in [0.05, 0.1) is 30.3 Å². The van der Waals surface area contributed by atoms with Crippen molar-refractivity contribution in [3.8, 4) is 11.4 Å². The second kappa shape index (κ2) is 11.2. The Balaban J connectivity index is 1.61. The molecular formula is C25H21F3N6O2S. The zero-order valence-electron chi connectivity index (χ0n) is 19.8. The third-order valence-electron chi connectivity index (χ3n) is 5.10. The van der Waals surface area contributed by atoms with Crippen LogP contribution in [0.15, 0.2) is 83.1 Å².